The summed E-state index contributed by atoms with van der Waals surface area (Å²) in [5, 5.41) is -0.208. The van der Waals surface area contributed by atoms with Crippen molar-refractivity contribution in [3.05, 3.63) is 0 Å². The van der Waals surface area contributed by atoms with E-state index in [1.165, 1.54) is 0 Å². The number of halogens is 1. The number of hydrogen-bond donors (Lipinski definition) is 0. The van der Waals surface area contributed by atoms with Gasteiger partial charge in [0.25, 0.3) is 0 Å². The number of esters is 1. The van der Waals surface area contributed by atoms with Crippen molar-refractivity contribution in [1.29, 1.82) is 0 Å². The third-order valence-corrected chi connectivity index (χ3v) is 4.49. The molecule has 106 valence electrons. The van der Waals surface area contributed by atoms with Crippen LogP contribution in [0.15, 0.2) is 0 Å². The van der Waals surface area contributed by atoms with Crippen molar-refractivity contribution in [3.8, 4) is 0 Å². The Morgan fingerprint density at radius 3 is 2.28 bits per heavy atom. The average Bonchev–Trinajstić information content (AvgIpc) is 2.27. The summed E-state index contributed by atoms with van der Waals surface area (Å²) in [6, 6.07) is 0. The molecule has 0 aromatic carbocycles. The van der Waals surface area contributed by atoms with Crippen molar-refractivity contribution in [2.75, 3.05) is 0 Å². The first-order valence-corrected chi connectivity index (χ1v) is 7.60. The maximum atomic E-state index is 12.0. The topological polar surface area (TPSA) is 35.5 Å². The SMILES string of the molecule is CC[C@H]1O[C@H](Br)[C@H](OC(=O)C(C)(C)C)[C@@H](C)[C@@H]1C. The molecule has 1 aliphatic heterocycles. The van der Waals surface area contributed by atoms with E-state index in [0.29, 0.717) is 11.8 Å². The van der Waals surface area contributed by atoms with Crippen molar-refractivity contribution >= 4 is 21.9 Å². The van der Waals surface area contributed by atoms with Crippen LogP contribution in [0.3, 0.4) is 0 Å². The number of hydrogen-bond acceptors (Lipinski definition) is 3. The maximum Gasteiger partial charge on any atom is 0.311 e. The fourth-order valence-corrected chi connectivity index (χ4v) is 3.04. The lowest BCUT2D eigenvalue weighted by molar-refractivity contribution is -0.185. The van der Waals surface area contributed by atoms with Crippen molar-refractivity contribution in [3.63, 3.8) is 0 Å². The molecule has 0 spiro atoms. The Balaban J connectivity index is 2.74. The van der Waals surface area contributed by atoms with E-state index in [9.17, 15) is 4.79 Å². The van der Waals surface area contributed by atoms with E-state index < -0.39 is 5.41 Å². The zero-order valence-corrected chi connectivity index (χ0v) is 13.8. The van der Waals surface area contributed by atoms with Crippen molar-refractivity contribution in [2.24, 2.45) is 17.3 Å². The summed E-state index contributed by atoms with van der Waals surface area (Å²) in [5.74, 6) is 0.510. The fourth-order valence-electron chi connectivity index (χ4n) is 2.17. The highest BCUT2D eigenvalue weighted by Gasteiger charge is 2.42. The van der Waals surface area contributed by atoms with Gasteiger partial charge in [0.05, 0.1) is 11.5 Å². The number of rotatable bonds is 2. The van der Waals surface area contributed by atoms with Crippen molar-refractivity contribution in [2.45, 2.75) is 65.2 Å². The standard InChI is InChI=1S/C14H25BrO3/c1-7-10-8(2)9(3)11(12(15)17-10)18-13(16)14(4,5)6/h8-12H,7H2,1-6H3/t8-,9-,10+,11+,12-/m0/s1. The van der Waals surface area contributed by atoms with Crippen LogP contribution in [-0.2, 0) is 14.3 Å². The molecule has 0 amide bonds. The van der Waals surface area contributed by atoms with Crippen LogP contribution in [0.25, 0.3) is 0 Å². The molecule has 0 unspecified atom stereocenters. The first kappa shape index (κ1) is 16.0. The van der Waals surface area contributed by atoms with E-state index in [1.807, 2.05) is 20.8 Å². The highest BCUT2D eigenvalue weighted by Crippen LogP contribution is 2.37. The first-order chi connectivity index (χ1) is 8.18. The highest BCUT2D eigenvalue weighted by molar-refractivity contribution is 9.09. The summed E-state index contributed by atoms with van der Waals surface area (Å²) in [7, 11) is 0. The van der Waals surface area contributed by atoms with Crippen LogP contribution < -0.4 is 0 Å². The molecule has 1 aliphatic rings. The molecule has 1 fully saturated rings. The molecule has 18 heavy (non-hydrogen) atoms. The van der Waals surface area contributed by atoms with Gasteiger partial charge < -0.3 is 9.47 Å². The lowest BCUT2D eigenvalue weighted by Gasteiger charge is -2.42. The smallest absolute Gasteiger partial charge is 0.311 e. The molecule has 3 nitrogen and oxygen atoms in total. The van der Waals surface area contributed by atoms with Gasteiger partial charge in [-0.25, -0.2) is 0 Å². The summed E-state index contributed by atoms with van der Waals surface area (Å²) in [6.07, 6.45) is 0.997. The molecule has 0 N–H and O–H groups in total. The van der Waals surface area contributed by atoms with E-state index in [2.05, 4.69) is 36.7 Å². The summed E-state index contributed by atoms with van der Waals surface area (Å²) >= 11 is 3.50. The van der Waals surface area contributed by atoms with E-state index in [1.54, 1.807) is 0 Å². The van der Waals surface area contributed by atoms with Gasteiger partial charge in [0.1, 0.15) is 11.1 Å². The van der Waals surface area contributed by atoms with E-state index >= 15 is 0 Å². The summed E-state index contributed by atoms with van der Waals surface area (Å²) in [5.41, 5.74) is -0.475. The monoisotopic (exact) mass is 320 g/mol. The zero-order valence-electron chi connectivity index (χ0n) is 12.2. The molecule has 0 aromatic heterocycles. The summed E-state index contributed by atoms with van der Waals surface area (Å²) in [4.78, 5) is 12.0. The average molecular weight is 321 g/mol. The van der Waals surface area contributed by atoms with Crippen LogP contribution in [0, 0.1) is 17.3 Å². The molecule has 0 aliphatic carbocycles. The number of alkyl halides is 1. The van der Waals surface area contributed by atoms with Gasteiger partial charge in [-0.15, -0.1) is 0 Å². The number of carbonyl (C=O) groups excluding carboxylic acids is 1. The molecular weight excluding hydrogens is 296 g/mol. The van der Waals surface area contributed by atoms with E-state index in [4.69, 9.17) is 9.47 Å². The van der Waals surface area contributed by atoms with E-state index in [0.717, 1.165) is 6.42 Å². The second-order valence-corrected chi connectivity index (χ2v) is 7.17. The van der Waals surface area contributed by atoms with Crippen LogP contribution in [0.1, 0.15) is 48.0 Å². The normalized spacial score (nSPS) is 37.4. The van der Waals surface area contributed by atoms with Crippen LogP contribution in [-0.4, -0.2) is 23.2 Å². The number of ether oxygens (including phenoxy) is 2. The molecule has 1 heterocycles. The molecule has 1 rings (SSSR count). The molecule has 0 radical (unpaired) electrons. The van der Waals surface area contributed by atoms with E-state index in [-0.39, 0.29) is 23.2 Å². The minimum Gasteiger partial charge on any atom is -0.458 e. The Hall–Kier alpha value is -0.0900. The minimum atomic E-state index is -0.475. The Morgan fingerprint density at radius 2 is 1.83 bits per heavy atom. The highest BCUT2D eigenvalue weighted by atomic mass is 79.9. The summed E-state index contributed by atoms with van der Waals surface area (Å²) in [6.45, 7) is 12.0. The van der Waals surface area contributed by atoms with Gasteiger partial charge in [-0.2, -0.15) is 0 Å². The molecule has 5 atom stereocenters. The van der Waals surface area contributed by atoms with Gasteiger partial charge in [-0.05, 0) is 33.1 Å². The number of carbonyl (C=O) groups is 1. The van der Waals surface area contributed by atoms with Gasteiger partial charge in [0.15, 0.2) is 0 Å². The molecule has 0 bridgehead atoms. The minimum absolute atomic E-state index is 0.172. The van der Waals surface area contributed by atoms with Gasteiger partial charge in [0.2, 0.25) is 0 Å². The molecule has 0 saturated carbocycles. The Kier molecular flexibility index (Phi) is 5.24. The second kappa shape index (κ2) is 5.91. The fraction of sp³-hybridized carbons (Fsp3) is 0.929. The first-order valence-electron chi connectivity index (χ1n) is 6.69. The largest absolute Gasteiger partial charge is 0.458 e. The lowest BCUT2D eigenvalue weighted by Crippen LogP contribution is -2.49. The van der Waals surface area contributed by atoms with Gasteiger partial charge in [-0.1, -0.05) is 36.7 Å². The predicted octanol–water partition coefficient (Wildman–Crippen LogP) is 3.75. The van der Waals surface area contributed by atoms with Crippen molar-refractivity contribution < 1.29 is 14.3 Å². The Morgan fingerprint density at radius 1 is 1.28 bits per heavy atom. The molecule has 4 heteroatoms. The second-order valence-electron chi connectivity index (χ2n) is 6.27. The van der Waals surface area contributed by atoms with Crippen molar-refractivity contribution in [1.82, 2.24) is 0 Å². The predicted molar refractivity (Wildman–Crippen MR) is 75.5 cm³/mol. The maximum absolute atomic E-state index is 12.0. The molecule has 1 saturated heterocycles. The summed E-state index contributed by atoms with van der Waals surface area (Å²) < 4.78 is 11.5. The quantitative estimate of drug-likeness (QED) is 0.574. The zero-order chi connectivity index (χ0) is 14.1. The van der Waals surface area contributed by atoms with Crippen LogP contribution in [0.2, 0.25) is 0 Å². The third-order valence-electron chi connectivity index (χ3n) is 3.75. The van der Waals surface area contributed by atoms with Gasteiger partial charge in [-0.3, -0.25) is 4.79 Å². The van der Waals surface area contributed by atoms with Crippen LogP contribution in [0.5, 0.6) is 0 Å². The molecule has 0 aromatic rings. The van der Waals surface area contributed by atoms with Gasteiger partial charge >= 0.3 is 5.97 Å². The third kappa shape index (κ3) is 3.47. The molecular formula is C14H25BrO3. The van der Waals surface area contributed by atoms with Crippen LogP contribution >= 0.6 is 15.9 Å². The lowest BCUT2D eigenvalue weighted by atomic mass is 9.83. The van der Waals surface area contributed by atoms with Gasteiger partial charge in [0, 0.05) is 5.92 Å². The Labute approximate surface area is 119 Å². The Bertz CT molecular complexity index is 298. The van der Waals surface area contributed by atoms with Crippen LogP contribution in [0.4, 0.5) is 0 Å².